The van der Waals surface area contributed by atoms with Gasteiger partial charge in [-0.15, -0.1) is 0 Å². The molecule has 0 aliphatic rings. The van der Waals surface area contributed by atoms with Gasteiger partial charge in [-0.3, -0.25) is 0 Å². The van der Waals surface area contributed by atoms with Gasteiger partial charge >= 0.3 is 0 Å². The summed E-state index contributed by atoms with van der Waals surface area (Å²) in [6.07, 6.45) is 0. The number of sulfonamides is 1. The zero-order valence-corrected chi connectivity index (χ0v) is 14.5. The smallest absolute Gasteiger partial charge is 0.242 e. The molecule has 2 aromatic rings. The lowest BCUT2D eigenvalue weighted by atomic mass is 10.1. The molecular formula is C16H17ClFNO3S. The van der Waals surface area contributed by atoms with E-state index in [2.05, 4.69) is 4.72 Å². The van der Waals surface area contributed by atoms with Crippen LogP contribution in [0.2, 0.25) is 5.02 Å². The summed E-state index contributed by atoms with van der Waals surface area (Å²) >= 11 is 5.84. The van der Waals surface area contributed by atoms with Crippen LogP contribution in [-0.4, -0.2) is 15.5 Å². The third kappa shape index (κ3) is 4.02. The summed E-state index contributed by atoms with van der Waals surface area (Å²) in [5, 5.41) is -0.166. The minimum Gasteiger partial charge on any atom is -0.496 e. The maximum absolute atomic E-state index is 13.1. The molecule has 2 aromatic carbocycles. The molecule has 0 amide bonds. The second-order valence-electron chi connectivity index (χ2n) is 5.16. The van der Waals surface area contributed by atoms with E-state index >= 15 is 0 Å². The summed E-state index contributed by atoms with van der Waals surface area (Å²) in [5.41, 5.74) is 1.68. The highest BCUT2D eigenvalue weighted by Crippen LogP contribution is 2.29. The average molecular weight is 358 g/mol. The van der Waals surface area contributed by atoms with Gasteiger partial charge in [-0.25, -0.2) is 17.5 Å². The van der Waals surface area contributed by atoms with Crippen molar-refractivity contribution in [2.45, 2.75) is 24.8 Å². The van der Waals surface area contributed by atoms with Crippen molar-refractivity contribution in [3.05, 3.63) is 58.4 Å². The molecule has 1 N–H and O–H groups in total. The number of benzene rings is 2. The van der Waals surface area contributed by atoms with Crippen molar-refractivity contribution in [3.8, 4) is 5.75 Å². The summed E-state index contributed by atoms with van der Waals surface area (Å²) in [6, 6.07) is 8.11. The summed E-state index contributed by atoms with van der Waals surface area (Å²) in [5.74, 6) is -0.0154. The molecule has 0 bridgehead atoms. The first-order valence-corrected chi connectivity index (χ1v) is 8.72. The van der Waals surface area contributed by atoms with Crippen LogP contribution in [0.25, 0.3) is 0 Å². The lowest BCUT2D eigenvalue weighted by Gasteiger charge is -2.18. The van der Waals surface area contributed by atoms with Gasteiger partial charge in [-0.05, 0) is 38.1 Å². The predicted molar refractivity (Wildman–Crippen MR) is 87.9 cm³/mol. The number of nitrogens with one attached hydrogen (secondary N) is 1. The lowest BCUT2D eigenvalue weighted by Crippen LogP contribution is -2.27. The molecule has 23 heavy (non-hydrogen) atoms. The molecule has 0 radical (unpaired) electrons. The predicted octanol–water partition coefficient (Wildman–Crippen LogP) is 3.84. The number of aryl methyl sites for hydroxylation is 1. The lowest BCUT2D eigenvalue weighted by molar-refractivity contribution is 0.405. The van der Waals surface area contributed by atoms with E-state index in [9.17, 15) is 12.8 Å². The largest absolute Gasteiger partial charge is 0.496 e. The molecule has 1 atom stereocenters. The van der Waals surface area contributed by atoms with Crippen molar-refractivity contribution in [1.29, 1.82) is 0 Å². The third-order valence-electron chi connectivity index (χ3n) is 3.37. The molecule has 0 heterocycles. The fraction of sp³-hybridized carbons (Fsp3) is 0.250. The molecule has 2 rings (SSSR count). The van der Waals surface area contributed by atoms with Crippen molar-refractivity contribution in [2.24, 2.45) is 0 Å². The molecule has 0 saturated heterocycles. The second-order valence-corrected chi connectivity index (χ2v) is 7.25. The molecule has 0 aliphatic carbocycles. The van der Waals surface area contributed by atoms with E-state index in [4.69, 9.17) is 16.3 Å². The van der Waals surface area contributed by atoms with Crippen molar-refractivity contribution in [1.82, 2.24) is 4.72 Å². The Balaban J connectivity index is 2.35. The first-order valence-electron chi connectivity index (χ1n) is 6.86. The van der Waals surface area contributed by atoms with E-state index in [1.54, 1.807) is 13.0 Å². The Labute approximate surface area is 140 Å². The quantitative estimate of drug-likeness (QED) is 0.884. The van der Waals surface area contributed by atoms with E-state index in [1.165, 1.54) is 7.11 Å². The third-order valence-corrected chi connectivity index (χ3v) is 5.39. The molecule has 124 valence electrons. The molecule has 7 heteroatoms. The van der Waals surface area contributed by atoms with Gasteiger partial charge in [0.1, 0.15) is 16.5 Å². The Bertz CT molecular complexity index is 824. The Morgan fingerprint density at radius 3 is 2.52 bits per heavy atom. The monoisotopic (exact) mass is 357 g/mol. The first kappa shape index (κ1) is 17.7. The van der Waals surface area contributed by atoms with E-state index in [0.29, 0.717) is 11.3 Å². The molecule has 1 unspecified atom stereocenters. The zero-order valence-electron chi connectivity index (χ0n) is 12.9. The molecule has 0 aliphatic heterocycles. The van der Waals surface area contributed by atoms with Gasteiger partial charge < -0.3 is 4.74 Å². The Morgan fingerprint density at radius 1 is 1.22 bits per heavy atom. The highest BCUT2D eigenvalue weighted by Gasteiger charge is 2.23. The Hall–Kier alpha value is -1.63. The number of hydrogen-bond acceptors (Lipinski definition) is 3. The minimum atomic E-state index is -3.90. The summed E-state index contributed by atoms with van der Waals surface area (Å²) < 4.78 is 45.8. The summed E-state index contributed by atoms with van der Waals surface area (Å²) in [7, 11) is -2.38. The molecule has 0 saturated carbocycles. The van der Waals surface area contributed by atoms with Gasteiger partial charge in [0.05, 0.1) is 12.1 Å². The molecule has 0 spiro atoms. The van der Waals surface area contributed by atoms with E-state index in [1.807, 2.05) is 19.1 Å². The van der Waals surface area contributed by atoms with Crippen LogP contribution in [0.15, 0.2) is 41.3 Å². The standard InChI is InChI=1S/C16H17ClFNO3S/c1-10-4-6-15(22-3)13(8-10)11(2)19-23(20,21)16-7-5-12(18)9-14(16)17/h4-9,11,19H,1-3H3. The van der Waals surface area contributed by atoms with E-state index < -0.39 is 21.9 Å². The van der Waals surface area contributed by atoms with Gasteiger partial charge in [0.25, 0.3) is 0 Å². The van der Waals surface area contributed by atoms with Crippen LogP contribution >= 0.6 is 11.6 Å². The zero-order chi connectivity index (χ0) is 17.2. The first-order chi connectivity index (χ1) is 10.7. The van der Waals surface area contributed by atoms with E-state index in [0.717, 1.165) is 23.8 Å². The summed E-state index contributed by atoms with van der Waals surface area (Å²) in [4.78, 5) is -0.168. The number of ether oxygens (including phenoxy) is 1. The SMILES string of the molecule is COc1ccc(C)cc1C(C)NS(=O)(=O)c1ccc(F)cc1Cl. The van der Waals surface area contributed by atoms with Gasteiger partial charge in [-0.1, -0.05) is 29.3 Å². The van der Waals surface area contributed by atoms with Crippen LogP contribution < -0.4 is 9.46 Å². The molecule has 0 aromatic heterocycles. The topological polar surface area (TPSA) is 55.4 Å². The normalized spacial score (nSPS) is 12.9. The van der Waals surface area contributed by atoms with Crippen LogP contribution in [0.3, 0.4) is 0 Å². The molecular weight excluding hydrogens is 341 g/mol. The van der Waals surface area contributed by atoms with E-state index in [-0.39, 0.29) is 9.92 Å². The maximum Gasteiger partial charge on any atom is 0.242 e. The highest BCUT2D eigenvalue weighted by atomic mass is 35.5. The Morgan fingerprint density at radius 2 is 1.91 bits per heavy atom. The second kappa shape index (κ2) is 6.86. The van der Waals surface area contributed by atoms with Gasteiger partial charge in [-0.2, -0.15) is 0 Å². The molecule has 4 nitrogen and oxygen atoms in total. The van der Waals surface area contributed by atoms with Gasteiger partial charge in [0, 0.05) is 11.6 Å². The Kier molecular flexibility index (Phi) is 5.29. The van der Waals surface area contributed by atoms with Crippen molar-refractivity contribution in [3.63, 3.8) is 0 Å². The highest BCUT2D eigenvalue weighted by molar-refractivity contribution is 7.89. The van der Waals surface area contributed by atoms with Crippen LogP contribution in [0, 0.1) is 12.7 Å². The van der Waals surface area contributed by atoms with Crippen LogP contribution in [0.1, 0.15) is 24.1 Å². The van der Waals surface area contributed by atoms with Crippen LogP contribution in [0.5, 0.6) is 5.75 Å². The maximum atomic E-state index is 13.1. The fourth-order valence-corrected chi connectivity index (χ4v) is 4.00. The van der Waals surface area contributed by atoms with Gasteiger partial charge in [0.2, 0.25) is 10.0 Å². The van der Waals surface area contributed by atoms with Crippen LogP contribution in [-0.2, 0) is 10.0 Å². The fourth-order valence-electron chi connectivity index (χ4n) is 2.25. The number of rotatable bonds is 5. The van der Waals surface area contributed by atoms with Crippen molar-refractivity contribution < 1.29 is 17.5 Å². The van der Waals surface area contributed by atoms with Crippen LogP contribution in [0.4, 0.5) is 4.39 Å². The summed E-state index contributed by atoms with van der Waals surface area (Å²) in [6.45, 7) is 3.60. The average Bonchev–Trinajstić information content (AvgIpc) is 2.46. The van der Waals surface area contributed by atoms with Crippen molar-refractivity contribution >= 4 is 21.6 Å². The van der Waals surface area contributed by atoms with Gasteiger partial charge in [0.15, 0.2) is 0 Å². The van der Waals surface area contributed by atoms with Crippen molar-refractivity contribution in [2.75, 3.05) is 7.11 Å². The number of hydrogen-bond donors (Lipinski definition) is 1. The number of halogens is 2. The number of methoxy groups -OCH3 is 1. The minimum absolute atomic E-state index is 0.166. The molecule has 0 fully saturated rings.